The van der Waals surface area contributed by atoms with Crippen molar-refractivity contribution in [1.29, 1.82) is 0 Å². The molecule has 0 spiro atoms. The molecule has 0 atom stereocenters. The quantitative estimate of drug-likeness (QED) is 0.870. The summed E-state index contributed by atoms with van der Waals surface area (Å²) in [5, 5.41) is 11.2. The van der Waals surface area contributed by atoms with Crippen LogP contribution in [0.5, 0.6) is 0 Å². The van der Waals surface area contributed by atoms with Crippen molar-refractivity contribution in [2.24, 2.45) is 0 Å². The molecule has 82 valence electrons. The van der Waals surface area contributed by atoms with Crippen molar-refractivity contribution in [3.8, 4) is 0 Å². The second kappa shape index (κ2) is 3.95. The smallest absolute Gasteiger partial charge is 0.0946 e. The van der Waals surface area contributed by atoms with Crippen LogP contribution in [0.15, 0.2) is 18.2 Å². The maximum atomic E-state index is 10.2. The molecule has 1 aromatic carbocycles. The van der Waals surface area contributed by atoms with Gasteiger partial charge in [-0.2, -0.15) is 0 Å². The molecule has 4 heteroatoms. The van der Waals surface area contributed by atoms with Crippen LogP contribution in [0.25, 0.3) is 0 Å². The monoisotopic (exact) mass is 246 g/mol. The van der Waals surface area contributed by atoms with E-state index in [2.05, 4.69) is 0 Å². The van der Waals surface area contributed by atoms with Crippen LogP contribution in [-0.2, 0) is 10.3 Å². The largest absolute Gasteiger partial charge is 0.385 e. The lowest BCUT2D eigenvalue weighted by molar-refractivity contribution is -0.133. The molecule has 2 rings (SSSR count). The van der Waals surface area contributed by atoms with Crippen molar-refractivity contribution in [3.05, 3.63) is 33.8 Å². The van der Waals surface area contributed by atoms with E-state index >= 15 is 0 Å². The van der Waals surface area contributed by atoms with Gasteiger partial charge in [0.25, 0.3) is 0 Å². The summed E-state index contributed by atoms with van der Waals surface area (Å²) >= 11 is 11.7. The van der Waals surface area contributed by atoms with E-state index in [1.807, 2.05) is 0 Å². The van der Waals surface area contributed by atoms with Gasteiger partial charge < -0.3 is 9.84 Å². The number of halogens is 2. The maximum Gasteiger partial charge on any atom is 0.0946 e. The fourth-order valence-electron chi connectivity index (χ4n) is 1.88. The van der Waals surface area contributed by atoms with Crippen LogP contribution in [0.2, 0.25) is 10.0 Å². The Bertz CT molecular complexity index is 373. The highest BCUT2D eigenvalue weighted by molar-refractivity contribution is 6.42. The Labute approximate surface area is 98.8 Å². The molecule has 0 amide bonds. The Kier molecular flexibility index (Phi) is 2.95. The standard InChI is InChI=1S/C11H12Cl2O2/c1-15-8-5-11(14,6-8)7-2-3-9(12)10(13)4-7/h2-4,8,14H,5-6H2,1H3. The average molecular weight is 247 g/mol. The van der Waals surface area contributed by atoms with Gasteiger partial charge in [-0.3, -0.25) is 0 Å². The van der Waals surface area contributed by atoms with E-state index in [0.29, 0.717) is 22.9 Å². The molecular formula is C11H12Cl2O2. The van der Waals surface area contributed by atoms with Gasteiger partial charge in [-0.25, -0.2) is 0 Å². The van der Waals surface area contributed by atoms with Crippen molar-refractivity contribution < 1.29 is 9.84 Å². The highest BCUT2D eigenvalue weighted by atomic mass is 35.5. The summed E-state index contributed by atoms with van der Waals surface area (Å²) in [6.07, 6.45) is 1.37. The molecule has 0 saturated heterocycles. The lowest BCUT2D eigenvalue weighted by Crippen LogP contribution is -2.45. The summed E-state index contributed by atoms with van der Waals surface area (Å²) < 4.78 is 5.14. The van der Waals surface area contributed by atoms with Crippen molar-refractivity contribution >= 4 is 23.2 Å². The van der Waals surface area contributed by atoms with E-state index in [1.54, 1.807) is 25.3 Å². The van der Waals surface area contributed by atoms with Crippen LogP contribution in [0.1, 0.15) is 18.4 Å². The minimum Gasteiger partial charge on any atom is -0.385 e. The number of rotatable bonds is 2. The molecule has 15 heavy (non-hydrogen) atoms. The highest BCUT2D eigenvalue weighted by Gasteiger charge is 2.44. The van der Waals surface area contributed by atoms with Crippen LogP contribution < -0.4 is 0 Å². The Morgan fingerprint density at radius 3 is 2.53 bits per heavy atom. The van der Waals surface area contributed by atoms with Gasteiger partial charge in [0.15, 0.2) is 0 Å². The predicted octanol–water partition coefficient (Wildman–Crippen LogP) is 2.99. The van der Waals surface area contributed by atoms with E-state index in [9.17, 15) is 5.11 Å². The van der Waals surface area contributed by atoms with Crippen molar-refractivity contribution in [2.45, 2.75) is 24.5 Å². The first-order valence-electron chi connectivity index (χ1n) is 4.76. The zero-order chi connectivity index (χ0) is 11.1. The molecule has 1 saturated carbocycles. The molecule has 1 aliphatic carbocycles. The summed E-state index contributed by atoms with van der Waals surface area (Å²) in [5.41, 5.74) is 0.0136. The van der Waals surface area contributed by atoms with Crippen LogP contribution in [0, 0.1) is 0 Å². The van der Waals surface area contributed by atoms with E-state index in [-0.39, 0.29) is 6.10 Å². The van der Waals surface area contributed by atoms with Crippen LogP contribution in [0.3, 0.4) is 0 Å². The van der Waals surface area contributed by atoms with E-state index in [1.165, 1.54) is 0 Å². The van der Waals surface area contributed by atoms with Gasteiger partial charge in [-0.1, -0.05) is 29.3 Å². The van der Waals surface area contributed by atoms with Gasteiger partial charge in [0.2, 0.25) is 0 Å². The van der Waals surface area contributed by atoms with Gasteiger partial charge in [0, 0.05) is 20.0 Å². The topological polar surface area (TPSA) is 29.5 Å². The Balaban J connectivity index is 2.20. The first-order valence-corrected chi connectivity index (χ1v) is 5.51. The molecule has 0 aromatic heterocycles. The second-order valence-corrected chi connectivity index (χ2v) is 4.74. The molecule has 0 aliphatic heterocycles. The Hall–Kier alpha value is -0.280. The summed E-state index contributed by atoms with van der Waals surface area (Å²) in [5.74, 6) is 0. The zero-order valence-electron chi connectivity index (χ0n) is 8.34. The zero-order valence-corrected chi connectivity index (χ0v) is 9.85. The second-order valence-electron chi connectivity index (χ2n) is 3.93. The number of methoxy groups -OCH3 is 1. The van der Waals surface area contributed by atoms with Crippen molar-refractivity contribution in [2.75, 3.05) is 7.11 Å². The first-order chi connectivity index (χ1) is 7.05. The lowest BCUT2D eigenvalue weighted by Gasteiger charge is -2.43. The highest BCUT2D eigenvalue weighted by Crippen LogP contribution is 2.43. The molecule has 0 radical (unpaired) electrons. The summed E-state index contributed by atoms with van der Waals surface area (Å²) in [4.78, 5) is 0. The number of hydrogen-bond acceptors (Lipinski definition) is 2. The molecular weight excluding hydrogens is 235 g/mol. The van der Waals surface area contributed by atoms with E-state index in [4.69, 9.17) is 27.9 Å². The summed E-state index contributed by atoms with van der Waals surface area (Å²) in [7, 11) is 1.65. The molecule has 1 fully saturated rings. The van der Waals surface area contributed by atoms with Crippen LogP contribution in [-0.4, -0.2) is 18.3 Å². The molecule has 0 bridgehead atoms. The third-order valence-corrected chi connectivity index (χ3v) is 3.66. The third-order valence-electron chi connectivity index (χ3n) is 2.92. The summed E-state index contributed by atoms with van der Waals surface area (Å²) in [6, 6.07) is 5.23. The van der Waals surface area contributed by atoms with Crippen molar-refractivity contribution in [1.82, 2.24) is 0 Å². The van der Waals surface area contributed by atoms with Gasteiger partial charge in [-0.05, 0) is 17.7 Å². The molecule has 0 unspecified atom stereocenters. The summed E-state index contributed by atoms with van der Waals surface area (Å²) in [6.45, 7) is 0. The molecule has 2 nitrogen and oxygen atoms in total. The predicted molar refractivity (Wildman–Crippen MR) is 60.4 cm³/mol. The molecule has 0 heterocycles. The fraction of sp³-hybridized carbons (Fsp3) is 0.455. The maximum absolute atomic E-state index is 10.2. The van der Waals surface area contributed by atoms with Gasteiger partial charge in [-0.15, -0.1) is 0 Å². The number of ether oxygens (including phenoxy) is 1. The van der Waals surface area contributed by atoms with E-state index in [0.717, 1.165) is 5.56 Å². The van der Waals surface area contributed by atoms with Crippen LogP contribution in [0.4, 0.5) is 0 Å². The Morgan fingerprint density at radius 2 is 2.00 bits per heavy atom. The van der Waals surface area contributed by atoms with E-state index < -0.39 is 5.60 Å². The minimum atomic E-state index is -0.797. The number of benzene rings is 1. The average Bonchev–Trinajstić information content (AvgIpc) is 2.17. The molecule has 1 N–H and O–H groups in total. The molecule has 1 aromatic rings. The van der Waals surface area contributed by atoms with Crippen LogP contribution >= 0.6 is 23.2 Å². The third kappa shape index (κ3) is 2.00. The van der Waals surface area contributed by atoms with Gasteiger partial charge in [0.05, 0.1) is 21.8 Å². The Morgan fingerprint density at radius 1 is 1.33 bits per heavy atom. The molecule has 1 aliphatic rings. The van der Waals surface area contributed by atoms with Gasteiger partial charge >= 0.3 is 0 Å². The van der Waals surface area contributed by atoms with Gasteiger partial charge in [0.1, 0.15) is 0 Å². The normalized spacial score (nSPS) is 30.0. The minimum absolute atomic E-state index is 0.143. The SMILES string of the molecule is COC1CC(O)(c2ccc(Cl)c(Cl)c2)C1. The van der Waals surface area contributed by atoms with Crippen molar-refractivity contribution in [3.63, 3.8) is 0 Å². The number of hydrogen-bond donors (Lipinski definition) is 1. The number of aliphatic hydroxyl groups is 1. The fourth-order valence-corrected chi connectivity index (χ4v) is 2.18. The lowest BCUT2D eigenvalue weighted by atomic mass is 9.73. The first kappa shape index (κ1) is 11.2.